The first-order chi connectivity index (χ1) is 9.89. The maximum atomic E-state index is 11.5. The molecule has 2 aliphatic rings. The summed E-state index contributed by atoms with van der Waals surface area (Å²) in [5.74, 6) is 3.35. The Bertz CT molecular complexity index is 479. The van der Waals surface area contributed by atoms with Gasteiger partial charge in [0, 0.05) is 26.7 Å². The third-order valence-electron chi connectivity index (χ3n) is 4.48. The lowest BCUT2D eigenvalue weighted by atomic mass is 9.97. The second-order valence-corrected chi connectivity index (χ2v) is 9.16. The van der Waals surface area contributed by atoms with Crippen molar-refractivity contribution in [1.82, 2.24) is 10.2 Å². The van der Waals surface area contributed by atoms with E-state index in [-0.39, 0.29) is 29.9 Å². The van der Waals surface area contributed by atoms with E-state index >= 15 is 0 Å². The Morgan fingerprint density at radius 1 is 1.32 bits per heavy atom. The molecule has 0 aliphatic carbocycles. The SMILES string of the molecule is CN=C(NCC1CCS(=O)(=O)C1)N1CCC(CC(C)C)C1.I. The van der Waals surface area contributed by atoms with Crippen molar-refractivity contribution in [3.8, 4) is 0 Å². The third-order valence-corrected chi connectivity index (χ3v) is 6.31. The maximum Gasteiger partial charge on any atom is 0.193 e. The van der Waals surface area contributed by atoms with Gasteiger partial charge in [0.25, 0.3) is 0 Å². The first-order valence-electron chi connectivity index (χ1n) is 8.05. The van der Waals surface area contributed by atoms with Gasteiger partial charge >= 0.3 is 0 Å². The van der Waals surface area contributed by atoms with Crippen LogP contribution in [0.3, 0.4) is 0 Å². The minimum Gasteiger partial charge on any atom is -0.356 e. The first-order valence-corrected chi connectivity index (χ1v) is 9.87. The average molecular weight is 443 g/mol. The second-order valence-electron chi connectivity index (χ2n) is 6.93. The quantitative estimate of drug-likeness (QED) is 0.410. The molecule has 2 fully saturated rings. The lowest BCUT2D eigenvalue weighted by molar-refractivity contribution is 0.401. The van der Waals surface area contributed by atoms with E-state index in [0.29, 0.717) is 11.5 Å². The average Bonchev–Trinajstić information content (AvgIpc) is 2.97. The van der Waals surface area contributed by atoms with Crippen LogP contribution in [0, 0.1) is 17.8 Å². The van der Waals surface area contributed by atoms with Crippen LogP contribution >= 0.6 is 24.0 Å². The fourth-order valence-corrected chi connectivity index (χ4v) is 5.35. The summed E-state index contributed by atoms with van der Waals surface area (Å²) in [7, 11) is -0.976. The van der Waals surface area contributed by atoms with Crippen LogP contribution in [-0.2, 0) is 9.84 Å². The van der Waals surface area contributed by atoms with Crippen LogP contribution < -0.4 is 5.32 Å². The fourth-order valence-electron chi connectivity index (χ4n) is 3.48. The summed E-state index contributed by atoms with van der Waals surface area (Å²) >= 11 is 0. The highest BCUT2D eigenvalue weighted by Crippen LogP contribution is 2.23. The molecule has 0 aromatic rings. The molecule has 2 atom stereocenters. The minimum absolute atomic E-state index is 0. The highest BCUT2D eigenvalue weighted by molar-refractivity contribution is 14.0. The van der Waals surface area contributed by atoms with Gasteiger partial charge in [-0.05, 0) is 37.0 Å². The first kappa shape index (κ1) is 20.0. The van der Waals surface area contributed by atoms with E-state index in [2.05, 4.69) is 29.1 Å². The molecule has 2 aliphatic heterocycles. The smallest absolute Gasteiger partial charge is 0.193 e. The van der Waals surface area contributed by atoms with Crippen molar-refractivity contribution in [3.63, 3.8) is 0 Å². The minimum atomic E-state index is -2.78. The number of nitrogens with one attached hydrogen (secondary N) is 1. The van der Waals surface area contributed by atoms with Gasteiger partial charge in [0.15, 0.2) is 15.8 Å². The standard InChI is InChI=1S/C15H29N3O2S.HI/c1-12(2)8-13-4-6-18(10-13)15(16-3)17-9-14-5-7-21(19,20)11-14;/h12-14H,4-11H2,1-3H3,(H,16,17);1H. The third kappa shape index (κ3) is 5.86. The summed E-state index contributed by atoms with van der Waals surface area (Å²) in [6.07, 6.45) is 3.29. The molecule has 1 N–H and O–H groups in total. The van der Waals surface area contributed by atoms with Crippen molar-refractivity contribution in [2.45, 2.75) is 33.1 Å². The van der Waals surface area contributed by atoms with Gasteiger partial charge in [0.1, 0.15) is 0 Å². The van der Waals surface area contributed by atoms with Gasteiger partial charge < -0.3 is 10.2 Å². The Morgan fingerprint density at radius 2 is 2.05 bits per heavy atom. The topological polar surface area (TPSA) is 61.8 Å². The molecule has 0 saturated carbocycles. The van der Waals surface area contributed by atoms with Gasteiger partial charge in [0.2, 0.25) is 0 Å². The summed E-state index contributed by atoms with van der Waals surface area (Å²) in [5, 5.41) is 3.38. The molecule has 7 heteroatoms. The Morgan fingerprint density at radius 3 is 2.59 bits per heavy atom. The van der Waals surface area contributed by atoms with Crippen LogP contribution in [0.5, 0.6) is 0 Å². The molecule has 2 heterocycles. The number of hydrogen-bond donors (Lipinski definition) is 1. The molecule has 22 heavy (non-hydrogen) atoms. The number of likely N-dealkylation sites (tertiary alicyclic amines) is 1. The van der Waals surface area contributed by atoms with Crippen molar-refractivity contribution in [3.05, 3.63) is 0 Å². The number of rotatable bonds is 4. The van der Waals surface area contributed by atoms with Gasteiger partial charge in [0.05, 0.1) is 11.5 Å². The van der Waals surface area contributed by atoms with Crippen molar-refractivity contribution in [1.29, 1.82) is 0 Å². The number of aliphatic imine (C=N–C) groups is 1. The van der Waals surface area contributed by atoms with Crippen molar-refractivity contribution in [2.24, 2.45) is 22.7 Å². The predicted octanol–water partition coefficient (Wildman–Crippen LogP) is 1.98. The molecule has 2 unspecified atom stereocenters. The Balaban J connectivity index is 0.00000242. The number of hydrogen-bond acceptors (Lipinski definition) is 3. The van der Waals surface area contributed by atoms with E-state index < -0.39 is 9.84 Å². The van der Waals surface area contributed by atoms with E-state index in [4.69, 9.17) is 0 Å². The van der Waals surface area contributed by atoms with Crippen LogP contribution in [0.25, 0.3) is 0 Å². The number of sulfone groups is 1. The summed E-state index contributed by atoms with van der Waals surface area (Å²) in [6.45, 7) is 7.39. The number of guanidine groups is 1. The van der Waals surface area contributed by atoms with Gasteiger partial charge in [-0.1, -0.05) is 13.8 Å². The molecular weight excluding hydrogens is 413 g/mol. The van der Waals surface area contributed by atoms with Crippen LogP contribution in [0.4, 0.5) is 0 Å². The molecule has 0 radical (unpaired) electrons. The summed E-state index contributed by atoms with van der Waals surface area (Å²) in [5.41, 5.74) is 0. The van der Waals surface area contributed by atoms with Crippen molar-refractivity contribution < 1.29 is 8.42 Å². The van der Waals surface area contributed by atoms with Gasteiger partial charge in [-0.3, -0.25) is 4.99 Å². The molecule has 0 bridgehead atoms. The van der Waals surface area contributed by atoms with Gasteiger partial charge in [-0.25, -0.2) is 8.42 Å². The number of nitrogens with zero attached hydrogens (tertiary/aromatic N) is 2. The molecule has 0 aromatic carbocycles. The highest BCUT2D eigenvalue weighted by Gasteiger charge is 2.29. The summed E-state index contributed by atoms with van der Waals surface area (Å²) < 4.78 is 23.0. The van der Waals surface area contributed by atoms with Crippen LogP contribution in [0.15, 0.2) is 4.99 Å². The van der Waals surface area contributed by atoms with E-state index in [9.17, 15) is 8.42 Å². The van der Waals surface area contributed by atoms with Crippen LogP contribution in [0.2, 0.25) is 0 Å². The lowest BCUT2D eigenvalue weighted by Gasteiger charge is -2.23. The van der Waals surface area contributed by atoms with Crippen molar-refractivity contribution in [2.75, 3.05) is 38.2 Å². The van der Waals surface area contributed by atoms with Crippen LogP contribution in [0.1, 0.15) is 33.1 Å². The largest absolute Gasteiger partial charge is 0.356 e. The molecule has 0 aromatic heterocycles. The Labute approximate surface area is 152 Å². The van der Waals surface area contributed by atoms with E-state index in [0.717, 1.165) is 43.9 Å². The summed E-state index contributed by atoms with van der Waals surface area (Å²) in [4.78, 5) is 6.68. The van der Waals surface area contributed by atoms with Gasteiger partial charge in [-0.15, -0.1) is 24.0 Å². The monoisotopic (exact) mass is 443 g/mol. The fraction of sp³-hybridized carbons (Fsp3) is 0.933. The zero-order valence-electron chi connectivity index (χ0n) is 13.9. The summed E-state index contributed by atoms with van der Waals surface area (Å²) in [6, 6.07) is 0. The molecule has 2 rings (SSSR count). The normalized spacial score (nSPS) is 28.0. The van der Waals surface area contributed by atoms with E-state index in [1.807, 2.05) is 7.05 Å². The molecule has 0 spiro atoms. The van der Waals surface area contributed by atoms with Gasteiger partial charge in [-0.2, -0.15) is 0 Å². The van der Waals surface area contributed by atoms with Crippen LogP contribution in [-0.4, -0.2) is 57.5 Å². The molecule has 130 valence electrons. The molecule has 0 amide bonds. The van der Waals surface area contributed by atoms with E-state index in [1.54, 1.807) is 0 Å². The highest BCUT2D eigenvalue weighted by atomic mass is 127. The molecule has 5 nitrogen and oxygen atoms in total. The molecular formula is C15H30IN3O2S. The number of halogens is 1. The second kappa shape index (κ2) is 8.70. The zero-order chi connectivity index (χ0) is 15.5. The Kier molecular flexibility index (Phi) is 7.91. The zero-order valence-corrected chi connectivity index (χ0v) is 17.1. The van der Waals surface area contributed by atoms with Crippen molar-refractivity contribution >= 4 is 39.8 Å². The maximum absolute atomic E-state index is 11.5. The Hall–Kier alpha value is -0.0500. The lowest BCUT2D eigenvalue weighted by Crippen LogP contribution is -2.42. The molecule has 2 saturated heterocycles. The predicted molar refractivity (Wildman–Crippen MR) is 103 cm³/mol. The van der Waals surface area contributed by atoms with E-state index in [1.165, 1.54) is 12.8 Å².